The van der Waals surface area contributed by atoms with Crippen molar-refractivity contribution in [1.29, 1.82) is 0 Å². The van der Waals surface area contributed by atoms with E-state index in [0.717, 1.165) is 17.7 Å². The fourth-order valence-electron chi connectivity index (χ4n) is 2.78. The number of nitrogens with one attached hydrogen (secondary N) is 1. The largest absolute Gasteiger partial charge is 0.493 e. The zero-order chi connectivity index (χ0) is 24.0. The Morgan fingerprint density at radius 3 is 2.55 bits per heavy atom. The van der Waals surface area contributed by atoms with Gasteiger partial charge in [0.05, 0.1) is 33.7 Å². The van der Waals surface area contributed by atoms with Crippen LogP contribution < -0.4 is 14.9 Å². The third-order valence-electron chi connectivity index (χ3n) is 4.37. The highest BCUT2D eigenvalue weighted by molar-refractivity contribution is 9.10. The molecule has 1 N–H and O–H groups in total. The lowest BCUT2D eigenvalue weighted by Gasteiger charge is -2.14. The molecule has 0 aromatic heterocycles. The van der Waals surface area contributed by atoms with Crippen LogP contribution >= 0.6 is 27.5 Å². The summed E-state index contributed by atoms with van der Waals surface area (Å²) >= 11 is 9.62. The smallest absolute Gasteiger partial charge is 0.301 e. The van der Waals surface area contributed by atoms with Crippen LogP contribution in [0.2, 0.25) is 5.02 Å². The molecule has 0 aliphatic rings. The number of rotatable bonds is 9. The van der Waals surface area contributed by atoms with Crippen molar-refractivity contribution in [2.45, 2.75) is 6.61 Å². The highest BCUT2D eigenvalue weighted by Crippen LogP contribution is 2.37. The summed E-state index contributed by atoms with van der Waals surface area (Å²) in [6.45, 7) is 0.230. The summed E-state index contributed by atoms with van der Waals surface area (Å²) in [5.41, 5.74) is 3.09. The fraction of sp³-hybridized carbons (Fsp3) is 0.0952. The molecule has 10 nitrogen and oxygen atoms in total. The molecule has 0 saturated heterocycles. The summed E-state index contributed by atoms with van der Waals surface area (Å²) < 4.78 is 11.9. The molecule has 0 atom stereocenters. The number of hydrazone groups is 1. The standard InChI is InChI=1S/C21H16BrClN4O6/c1-32-20-9-13(8-16(22)21(20)33-12-14-4-2-3-5-17(14)23)11-24-25-18-7-6-15(26(28)29)10-19(18)27(30)31/h2-11,25H,12H2,1H3/b24-11-. The highest BCUT2D eigenvalue weighted by Gasteiger charge is 2.19. The molecule has 0 spiro atoms. The molecule has 0 radical (unpaired) electrons. The number of nitro groups is 2. The van der Waals surface area contributed by atoms with Crippen LogP contribution in [0.1, 0.15) is 11.1 Å². The monoisotopic (exact) mass is 534 g/mol. The molecule has 0 heterocycles. The van der Waals surface area contributed by atoms with Gasteiger partial charge in [-0.2, -0.15) is 5.10 Å². The first-order valence-corrected chi connectivity index (χ1v) is 10.4. The molecular weight excluding hydrogens is 520 g/mol. The van der Waals surface area contributed by atoms with Crippen LogP contribution in [-0.4, -0.2) is 23.2 Å². The number of halogens is 2. The summed E-state index contributed by atoms with van der Waals surface area (Å²) in [4.78, 5) is 20.6. The lowest BCUT2D eigenvalue weighted by atomic mass is 10.2. The third kappa shape index (κ3) is 5.96. The zero-order valence-corrected chi connectivity index (χ0v) is 19.4. The number of nitro benzene ring substituents is 2. The molecule has 0 bridgehead atoms. The fourth-order valence-corrected chi connectivity index (χ4v) is 3.54. The molecule has 0 aliphatic heterocycles. The minimum absolute atomic E-state index is 0.00701. The number of benzene rings is 3. The van der Waals surface area contributed by atoms with Crippen molar-refractivity contribution < 1.29 is 19.3 Å². The summed E-state index contributed by atoms with van der Waals surface area (Å²) in [5.74, 6) is 0.896. The summed E-state index contributed by atoms with van der Waals surface area (Å²) in [6, 6.07) is 13.9. The number of hydrogen-bond acceptors (Lipinski definition) is 8. The van der Waals surface area contributed by atoms with Gasteiger partial charge in [-0.25, -0.2) is 0 Å². The van der Waals surface area contributed by atoms with E-state index in [2.05, 4.69) is 26.5 Å². The number of methoxy groups -OCH3 is 1. The molecule has 0 unspecified atom stereocenters. The van der Waals surface area contributed by atoms with Crippen molar-refractivity contribution in [2.75, 3.05) is 12.5 Å². The van der Waals surface area contributed by atoms with Gasteiger partial charge in [-0.15, -0.1) is 0 Å². The Labute approximate surface area is 201 Å². The Balaban J connectivity index is 1.78. The van der Waals surface area contributed by atoms with Gasteiger partial charge in [0.15, 0.2) is 11.5 Å². The van der Waals surface area contributed by atoms with Crippen molar-refractivity contribution in [3.8, 4) is 11.5 Å². The molecule has 0 aliphatic carbocycles. The number of hydrogen-bond donors (Lipinski definition) is 1. The minimum Gasteiger partial charge on any atom is -0.493 e. The van der Waals surface area contributed by atoms with Crippen LogP contribution in [0.15, 0.2) is 64.2 Å². The van der Waals surface area contributed by atoms with Crippen LogP contribution in [0.4, 0.5) is 17.1 Å². The van der Waals surface area contributed by atoms with Crippen LogP contribution in [0.5, 0.6) is 11.5 Å². The quantitative estimate of drug-likeness (QED) is 0.203. The van der Waals surface area contributed by atoms with Crippen LogP contribution in [0, 0.1) is 20.2 Å². The topological polar surface area (TPSA) is 129 Å². The molecule has 3 aromatic rings. The van der Waals surface area contributed by atoms with Gasteiger partial charge < -0.3 is 9.47 Å². The van der Waals surface area contributed by atoms with Crippen molar-refractivity contribution in [1.82, 2.24) is 0 Å². The Morgan fingerprint density at radius 1 is 1.12 bits per heavy atom. The van der Waals surface area contributed by atoms with Gasteiger partial charge in [0.2, 0.25) is 0 Å². The highest BCUT2D eigenvalue weighted by atomic mass is 79.9. The van der Waals surface area contributed by atoms with Crippen molar-refractivity contribution in [3.05, 3.63) is 95.4 Å². The van der Waals surface area contributed by atoms with E-state index in [1.54, 1.807) is 18.2 Å². The molecule has 3 aromatic carbocycles. The summed E-state index contributed by atoms with van der Waals surface area (Å²) in [6.07, 6.45) is 1.41. The van der Waals surface area contributed by atoms with Gasteiger partial charge in [-0.1, -0.05) is 29.8 Å². The van der Waals surface area contributed by atoms with E-state index in [0.29, 0.717) is 26.6 Å². The van der Waals surface area contributed by atoms with Crippen molar-refractivity contribution in [2.24, 2.45) is 5.10 Å². The molecule has 33 heavy (non-hydrogen) atoms. The molecule has 0 amide bonds. The number of ether oxygens (including phenoxy) is 2. The second kappa shape index (κ2) is 10.7. The first-order chi connectivity index (χ1) is 15.8. The van der Waals surface area contributed by atoms with Gasteiger partial charge in [0.25, 0.3) is 5.69 Å². The van der Waals surface area contributed by atoms with Crippen LogP contribution in [0.3, 0.4) is 0 Å². The molecule has 170 valence electrons. The number of anilines is 1. The average molecular weight is 536 g/mol. The molecule has 0 saturated carbocycles. The van der Waals surface area contributed by atoms with E-state index in [4.69, 9.17) is 21.1 Å². The van der Waals surface area contributed by atoms with Gasteiger partial charge >= 0.3 is 5.69 Å². The molecule has 12 heteroatoms. The van der Waals surface area contributed by atoms with E-state index >= 15 is 0 Å². The summed E-state index contributed by atoms with van der Waals surface area (Å²) in [7, 11) is 1.49. The van der Waals surface area contributed by atoms with E-state index < -0.39 is 21.2 Å². The van der Waals surface area contributed by atoms with E-state index in [9.17, 15) is 20.2 Å². The van der Waals surface area contributed by atoms with E-state index in [1.165, 1.54) is 19.4 Å². The Morgan fingerprint density at radius 2 is 1.88 bits per heavy atom. The van der Waals surface area contributed by atoms with Gasteiger partial charge in [0, 0.05) is 16.7 Å². The Bertz CT molecular complexity index is 1240. The predicted molar refractivity (Wildman–Crippen MR) is 127 cm³/mol. The minimum atomic E-state index is -0.727. The van der Waals surface area contributed by atoms with Gasteiger partial charge in [-0.05, 0) is 45.8 Å². The zero-order valence-electron chi connectivity index (χ0n) is 17.0. The lowest BCUT2D eigenvalue weighted by Crippen LogP contribution is -2.01. The summed E-state index contributed by atoms with van der Waals surface area (Å²) in [5, 5.41) is 26.7. The molecular formula is C21H16BrClN4O6. The SMILES string of the molecule is COc1cc(/C=N\Nc2ccc([N+](=O)[O-])cc2[N+](=O)[O-])cc(Br)c1OCc1ccccc1Cl. The van der Waals surface area contributed by atoms with E-state index in [1.807, 2.05) is 18.2 Å². The second-order valence-corrected chi connectivity index (χ2v) is 7.76. The first kappa shape index (κ1) is 24.0. The third-order valence-corrected chi connectivity index (χ3v) is 5.33. The maximum absolute atomic E-state index is 11.2. The predicted octanol–water partition coefficient (Wildman–Crippen LogP) is 5.95. The second-order valence-electron chi connectivity index (χ2n) is 6.50. The maximum Gasteiger partial charge on any atom is 0.301 e. The van der Waals surface area contributed by atoms with Crippen LogP contribution in [-0.2, 0) is 6.61 Å². The normalized spacial score (nSPS) is 10.8. The lowest BCUT2D eigenvalue weighted by molar-refractivity contribution is -0.393. The van der Waals surface area contributed by atoms with Gasteiger partial charge in [-0.3, -0.25) is 25.7 Å². The molecule has 0 fully saturated rings. The molecule has 3 rings (SSSR count). The average Bonchev–Trinajstić information content (AvgIpc) is 2.79. The van der Waals surface area contributed by atoms with Gasteiger partial charge in [0.1, 0.15) is 12.3 Å². The van der Waals surface area contributed by atoms with Crippen molar-refractivity contribution in [3.63, 3.8) is 0 Å². The Kier molecular flexibility index (Phi) is 7.80. The number of nitrogens with zero attached hydrogens (tertiary/aromatic N) is 3. The van der Waals surface area contributed by atoms with E-state index in [-0.39, 0.29) is 12.3 Å². The van der Waals surface area contributed by atoms with Crippen LogP contribution in [0.25, 0.3) is 0 Å². The van der Waals surface area contributed by atoms with Crippen molar-refractivity contribution >= 4 is 50.8 Å². The Hall–Kier alpha value is -3.70. The first-order valence-electron chi connectivity index (χ1n) is 9.25. The maximum atomic E-state index is 11.2. The number of non-ortho nitro benzene ring substituents is 1.